The van der Waals surface area contributed by atoms with E-state index in [9.17, 15) is 9.59 Å². The van der Waals surface area contributed by atoms with Gasteiger partial charge in [0.2, 0.25) is 5.91 Å². The first-order valence-electron chi connectivity index (χ1n) is 13.7. The maximum atomic E-state index is 13.2. The van der Waals surface area contributed by atoms with Gasteiger partial charge in [0.05, 0.1) is 25.9 Å². The zero-order valence-corrected chi connectivity index (χ0v) is 23.4. The monoisotopic (exact) mass is 524 g/mol. The summed E-state index contributed by atoms with van der Waals surface area (Å²) in [5.74, 6) is 0.158. The van der Waals surface area contributed by atoms with Crippen LogP contribution in [-0.4, -0.2) is 54.8 Å². The van der Waals surface area contributed by atoms with Crippen molar-refractivity contribution in [2.24, 2.45) is 5.92 Å². The molecule has 7 heteroatoms. The van der Waals surface area contributed by atoms with E-state index >= 15 is 0 Å². The van der Waals surface area contributed by atoms with Gasteiger partial charge in [0, 0.05) is 13.6 Å². The molecule has 1 atom stereocenters. The number of hydrogen-bond donors (Lipinski definition) is 1. The molecule has 0 bridgehead atoms. The standard InChI is InChI=1S/C31H44N2O5/c1-31(2,3)38-30(35)33(4)28(29(34)32-19-20-36-22-25-11-7-5-8-12-25)21-24-15-17-27(18-16-24)37-23-26-13-9-6-10-14-26/h5-14,24,27-28H,15-23H2,1-4H3,(H,32,34). The molecule has 1 aliphatic carbocycles. The maximum absolute atomic E-state index is 13.2. The molecule has 3 rings (SSSR count). The fourth-order valence-electron chi connectivity index (χ4n) is 4.67. The highest BCUT2D eigenvalue weighted by Crippen LogP contribution is 2.31. The summed E-state index contributed by atoms with van der Waals surface area (Å²) in [5.41, 5.74) is 1.63. The van der Waals surface area contributed by atoms with E-state index in [1.807, 2.05) is 69.3 Å². The first kappa shape index (κ1) is 29.7. The molecule has 1 unspecified atom stereocenters. The summed E-state index contributed by atoms with van der Waals surface area (Å²) in [6.45, 7) is 7.37. The second kappa shape index (κ2) is 14.9. The molecule has 1 saturated carbocycles. The van der Waals surface area contributed by atoms with E-state index < -0.39 is 17.7 Å². The van der Waals surface area contributed by atoms with Crippen LogP contribution >= 0.6 is 0 Å². The van der Waals surface area contributed by atoms with Gasteiger partial charge in [-0.1, -0.05) is 60.7 Å². The van der Waals surface area contributed by atoms with E-state index in [0.29, 0.717) is 38.7 Å². The van der Waals surface area contributed by atoms with Crippen LogP contribution < -0.4 is 5.32 Å². The van der Waals surface area contributed by atoms with Gasteiger partial charge in [-0.05, 0) is 69.9 Å². The fourth-order valence-corrected chi connectivity index (χ4v) is 4.67. The van der Waals surface area contributed by atoms with Gasteiger partial charge in [-0.25, -0.2) is 4.79 Å². The van der Waals surface area contributed by atoms with Gasteiger partial charge in [-0.3, -0.25) is 9.69 Å². The molecule has 0 aliphatic heterocycles. The average molecular weight is 525 g/mol. The molecule has 1 fully saturated rings. The van der Waals surface area contributed by atoms with Crippen LogP contribution in [0.3, 0.4) is 0 Å². The Morgan fingerprint density at radius 2 is 1.50 bits per heavy atom. The summed E-state index contributed by atoms with van der Waals surface area (Å²) >= 11 is 0. The Kier molecular flexibility index (Phi) is 11.6. The minimum absolute atomic E-state index is 0.177. The molecule has 2 amide bonds. The lowest BCUT2D eigenvalue weighted by Crippen LogP contribution is -2.50. The highest BCUT2D eigenvalue weighted by Gasteiger charge is 2.33. The normalized spacial score (nSPS) is 18.4. The Morgan fingerprint density at radius 3 is 2.08 bits per heavy atom. The lowest BCUT2D eigenvalue weighted by Gasteiger charge is -2.34. The van der Waals surface area contributed by atoms with Gasteiger partial charge in [0.15, 0.2) is 0 Å². The molecule has 7 nitrogen and oxygen atoms in total. The minimum Gasteiger partial charge on any atom is -0.444 e. The number of nitrogens with zero attached hydrogens (tertiary/aromatic N) is 1. The van der Waals surface area contributed by atoms with Crippen molar-refractivity contribution in [1.82, 2.24) is 10.2 Å². The number of rotatable bonds is 12. The van der Waals surface area contributed by atoms with Crippen LogP contribution in [0.5, 0.6) is 0 Å². The summed E-state index contributed by atoms with van der Waals surface area (Å²) in [7, 11) is 1.65. The van der Waals surface area contributed by atoms with E-state index in [0.717, 1.165) is 31.2 Å². The molecular formula is C31H44N2O5. The molecule has 38 heavy (non-hydrogen) atoms. The topological polar surface area (TPSA) is 77.1 Å². The zero-order valence-electron chi connectivity index (χ0n) is 23.4. The molecule has 1 N–H and O–H groups in total. The molecule has 2 aromatic carbocycles. The van der Waals surface area contributed by atoms with Gasteiger partial charge in [0.25, 0.3) is 0 Å². The Morgan fingerprint density at radius 1 is 0.921 bits per heavy atom. The fraction of sp³-hybridized carbons (Fsp3) is 0.548. The number of likely N-dealkylation sites (N-methyl/N-ethyl adjacent to an activating group) is 1. The summed E-state index contributed by atoms with van der Waals surface area (Å²) in [6, 6.07) is 19.5. The Labute approximate surface area is 227 Å². The number of amides is 2. The third kappa shape index (κ3) is 10.5. The molecule has 1 aliphatic rings. The molecule has 0 aromatic heterocycles. The molecular weight excluding hydrogens is 480 g/mol. The van der Waals surface area contributed by atoms with Crippen molar-refractivity contribution in [2.45, 2.75) is 83.8 Å². The highest BCUT2D eigenvalue weighted by atomic mass is 16.6. The van der Waals surface area contributed by atoms with Crippen molar-refractivity contribution >= 4 is 12.0 Å². The number of hydrogen-bond acceptors (Lipinski definition) is 5. The van der Waals surface area contributed by atoms with Gasteiger partial charge >= 0.3 is 6.09 Å². The van der Waals surface area contributed by atoms with Gasteiger partial charge in [-0.15, -0.1) is 0 Å². The van der Waals surface area contributed by atoms with E-state index in [1.165, 1.54) is 10.5 Å². The second-order valence-corrected chi connectivity index (χ2v) is 11.1. The van der Waals surface area contributed by atoms with Crippen molar-refractivity contribution in [3.63, 3.8) is 0 Å². The van der Waals surface area contributed by atoms with Gasteiger partial charge in [-0.2, -0.15) is 0 Å². The Balaban J connectivity index is 1.49. The number of ether oxygens (including phenoxy) is 3. The zero-order chi connectivity index (χ0) is 27.4. The predicted molar refractivity (Wildman–Crippen MR) is 148 cm³/mol. The predicted octanol–water partition coefficient (Wildman–Crippen LogP) is 5.72. The third-order valence-electron chi connectivity index (χ3n) is 6.79. The lowest BCUT2D eigenvalue weighted by molar-refractivity contribution is -0.127. The second-order valence-electron chi connectivity index (χ2n) is 11.1. The lowest BCUT2D eigenvalue weighted by atomic mass is 9.83. The summed E-state index contributed by atoms with van der Waals surface area (Å²) in [4.78, 5) is 27.5. The van der Waals surface area contributed by atoms with E-state index in [-0.39, 0.29) is 12.0 Å². The Hall–Kier alpha value is -2.90. The summed E-state index contributed by atoms with van der Waals surface area (Å²) in [6.07, 6.45) is 4.17. The molecule has 0 radical (unpaired) electrons. The van der Waals surface area contributed by atoms with Crippen LogP contribution in [0, 0.1) is 5.92 Å². The van der Waals surface area contributed by atoms with Crippen LogP contribution in [-0.2, 0) is 32.2 Å². The SMILES string of the molecule is CN(C(=O)OC(C)(C)C)C(CC1CCC(OCc2ccccc2)CC1)C(=O)NCCOCc1ccccc1. The number of nitrogens with one attached hydrogen (secondary N) is 1. The van der Waals surface area contributed by atoms with Crippen LogP contribution in [0.15, 0.2) is 60.7 Å². The highest BCUT2D eigenvalue weighted by molar-refractivity contribution is 5.85. The minimum atomic E-state index is -0.633. The van der Waals surface area contributed by atoms with E-state index in [2.05, 4.69) is 17.4 Å². The molecule has 0 saturated heterocycles. The quantitative estimate of drug-likeness (QED) is 0.359. The largest absolute Gasteiger partial charge is 0.444 e. The first-order valence-corrected chi connectivity index (χ1v) is 13.7. The van der Waals surface area contributed by atoms with Crippen LogP contribution in [0.1, 0.15) is 64.0 Å². The summed E-state index contributed by atoms with van der Waals surface area (Å²) < 4.78 is 17.4. The van der Waals surface area contributed by atoms with Crippen molar-refractivity contribution in [3.8, 4) is 0 Å². The van der Waals surface area contributed by atoms with Gasteiger partial charge in [0.1, 0.15) is 11.6 Å². The number of carbonyl (C=O) groups excluding carboxylic acids is 2. The van der Waals surface area contributed by atoms with Crippen LogP contribution in [0.25, 0.3) is 0 Å². The van der Waals surface area contributed by atoms with E-state index in [4.69, 9.17) is 14.2 Å². The number of benzene rings is 2. The Bertz CT molecular complexity index is 969. The molecule has 208 valence electrons. The number of carbonyl (C=O) groups is 2. The summed E-state index contributed by atoms with van der Waals surface area (Å²) in [5, 5.41) is 2.97. The van der Waals surface area contributed by atoms with Crippen molar-refractivity contribution in [2.75, 3.05) is 20.2 Å². The van der Waals surface area contributed by atoms with Crippen molar-refractivity contribution < 1.29 is 23.8 Å². The van der Waals surface area contributed by atoms with Gasteiger partial charge < -0.3 is 19.5 Å². The van der Waals surface area contributed by atoms with Crippen molar-refractivity contribution in [3.05, 3.63) is 71.8 Å². The molecule has 0 heterocycles. The maximum Gasteiger partial charge on any atom is 0.410 e. The molecule has 2 aromatic rings. The average Bonchev–Trinajstić information content (AvgIpc) is 2.90. The third-order valence-corrected chi connectivity index (χ3v) is 6.79. The van der Waals surface area contributed by atoms with E-state index in [1.54, 1.807) is 7.05 Å². The smallest absolute Gasteiger partial charge is 0.410 e. The van der Waals surface area contributed by atoms with Crippen LogP contribution in [0.4, 0.5) is 4.79 Å². The first-order chi connectivity index (χ1) is 18.2. The van der Waals surface area contributed by atoms with Crippen LogP contribution in [0.2, 0.25) is 0 Å². The molecule has 0 spiro atoms. The van der Waals surface area contributed by atoms with Crippen molar-refractivity contribution in [1.29, 1.82) is 0 Å².